The molecule has 6 nitrogen and oxygen atoms in total. The van der Waals surface area contributed by atoms with Gasteiger partial charge in [-0.15, -0.1) is 0 Å². The Labute approximate surface area is 152 Å². The topological polar surface area (TPSA) is 81.7 Å². The fraction of sp³-hybridized carbons (Fsp3) is 0.250. The molecule has 0 fully saturated rings. The molecule has 0 saturated carbocycles. The highest BCUT2D eigenvalue weighted by molar-refractivity contribution is 6.04. The van der Waals surface area contributed by atoms with Gasteiger partial charge in [-0.2, -0.15) is 0 Å². The van der Waals surface area contributed by atoms with Gasteiger partial charge in [-0.1, -0.05) is 37.3 Å². The van der Waals surface area contributed by atoms with Gasteiger partial charge in [0.2, 0.25) is 5.91 Å². The van der Waals surface area contributed by atoms with E-state index >= 15 is 0 Å². The highest BCUT2D eigenvalue weighted by atomic mass is 16.5. The van der Waals surface area contributed by atoms with Gasteiger partial charge in [-0.25, -0.2) is 9.59 Å². The first-order valence-corrected chi connectivity index (χ1v) is 8.18. The second-order valence-electron chi connectivity index (χ2n) is 5.60. The Morgan fingerprint density at radius 2 is 1.62 bits per heavy atom. The lowest BCUT2D eigenvalue weighted by Gasteiger charge is -2.17. The lowest BCUT2D eigenvalue weighted by molar-refractivity contribution is -0.117. The van der Waals surface area contributed by atoms with Gasteiger partial charge < -0.3 is 14.8 Å². The molecule has 0 aliphatic carbocycles. The van der Waals surface area contributed by atoms with E-state index in [9.17, 15) is 14.4 Å². The Hall–Kier alpha value is -3.15. The number of benzene rings is 2. The van der Waals surface area contributed by atoms with E-state index in [1.807, 2.05) is 37.3 Å². The molecule has 26 heavy (non-hydrogen) atoms. The smallest absolute Gasteiger partial charge is 0.339 e. The van der Waals surface area contributed by atoms with Gasteiger partial charge in [0.25, 0.3) is 0 Å². The van der Waals surface area contributed by atoms with Crippen LogP contribution in [-0.2, 0) is 14.3 Å². The number of methoxy groups -OCH3 is 2. The molecule has 1 amide bonds. The van der Waals surface area contributed by atoms with Crippen LogP contribution in [0.2, 0.25) is 0 Å². The van der Waals surface area contributed by atoms with Crippen molar-refractivity contribution in [1.29, 1.82) is 0 Å². The summed E-state index contributed by atoms with van der Waals surface area (Å²) in [5, 5.41) is 2.75. The number of esters is 2. The van der Waals surface area contributed by atoms with Crippen molar-refractivity contribution in [3.8, 4) is 0 Å². The largest absolute Gasteiger partial charge is 0.465 e. The Balaban J connectivity index is 2.37. The van der Waals surface area contributed by atoms with Gasteiger partial charge in [-0.3, -0.25) is 4.79 Å². The first-order valence-electron chi connectivity index (χ1n) is 8.18. The summed E-state index contributed by atoms with van der Waals surface area (Å²) in [7, 11) is 2.51. The molecule has 136 valence electrons. The number of hydrogen-bond donors (Lipinski definition) is 1. The van der Waals surface area contributed by atoms with E-state index in [1.54, 1.807) is 0 Å². The molecular weight excluding hydrogens is 334 g/mol. The summed E-state index contributed by atoms with van der Waals surface area (Å²) >= 11 is 0. The second kappa shape index (κ2) is 8.80. The van der Waals surface area contributed by atoms with E-state index in [1.165, 1.54) is 32.4 Å². The molecule has 2 aromatic carbocycles. The summed E-state index contributed by atoms with van der Waals surface area (Å²) in [6, 6.07) is 13.6. The normalized spacial score (nSPS) is 11.3. The van der Waals surface area contributed by atoms with Crippen LogP contribution in [-0.4, -0.2) is 32.1 Å². The summed E-state index contributed by atoms with van der Waals surface area (Å²) in [5.41, 5.74) is 1.47. The first kappa shape index (κ1) is 19.2. The van der Waals surface area contributed by atoms with Gasteiger partial charge in [0, 0.05) is 0 Å². The average molecular weight is 355 g/mol. The zero-order chi connectivity index (χ0) is 19.1. The SMILES string of the molecule is CCC(C(=O)Nc1cc(C(=O)OC)ccc1C(=O)OC)c1ccccc1. The van der Waals surface area contributed by atoms with Crippen molar-refractivity contribution in [2.75, 3.05) is 19.5 Å². The zero-order valence-electron chi connectivity index (χ0n) is 14.9. The van der Waals surface area contributed by atoms with Gasteiger partial charge in [0.1, 0.15) is 0 Å². The van der Waals surface area contributed by atoms with Crippen molar-refractivity contribution in [3.05, 3.63) is 65.2 Å². The molecule has 6 heteroatoms. The van der Waals surface area contributed by atoms with Gasteiger partial charge >= 0.3 is 11.9 Å². The van der Waals surface area contributed by atoms with Gasteiger partial charge in [-0.05, 0) is 30.2 Å². The van der Waals surface area contributed by atoms with E-state index < -0.39 is 11.9 Å². The molecule has 0 aromatic heterocycles. The van der Waals surface area contributed by atoms with Crippen LogP contribution in [0.15, 0.2) is 48.5 Å². The molecule has 0 saturated heterocycles. The molecule has 2 aromatic rings. The fourth-order valence-electron chi connectivity index (χ4n) is 2.66. The molecule has 1 unspecified atom stereocenters. The van der Waals surface area contributed by atoms with Crippen LogP contribution in [0.5, 0.6) is 0 Å². The predicted molar refractivity (Wildman–Crippen MR) is 97.2 cm³/mol. The Kier molecular flexibility index (Phi) is 6.49. The van der Waals surface area contributed by atoms with Gasteiger partial charge in [0.15, 0.2) is 0 Å². The minimum absolute atomic E-state index is 0.163. The Morgan fingerprint density at radius 3 is 2.19 bits per heavy atom. The number of rotatable bonds is 6. The van der Waals surface area contributed by atoms with E-state index in [0.29, 0.717) is 6.42 Å². The Bertz CT molecular complexity index is 801. The van der Waals surface area contributed by atoms with Crippen LogP contribution >= 0.6 is 0 Å². The van der Waals surface area contributed by atoms with E-state index in [2.05, 4.69) is 5.32 Å². The van der Waals surface area contributed by atoms with Crippen molar-refractivity contribution < 1.29 is 23.9 Å². The third-order valence-electron chi connectivity index (χ3n) is 4.03. The van der Waals surface area contributed by atoms with Crippen LogP contribution in [0.25, 0.3) is 0 Å². The zero-order valence-corrected chi connectivity index (χ0v) is 14.9. The molecule has 0 aliphatic rings. The Morgan fingerprint density at radius 1 is 0.962 bits per heavy atom. The summed E-state index contributed by atoms with van der Waals surface area (Å²) in [5.74, 6) is -1.83. The molecule has 0 bridgehead atoms. The molecule has 1 atom stereocenters. The van der Waals surface area contributed by atoms with Crippen molar-refractivity contribution in [3.63, 3.8) is 0 Å². The number of hydrogen-bond acceptors (Lipinski definition) is 5. The number of anilines is 1. The minimum atomic E-state index is -0.607. The van der Waals surface area contributed by atoms with E-state index in [-0.39, 0.29) is 28.6 Å². The van der Waals surface area contributed by atoms with Crippen molar-refractivity contribution >= 4 is 23.5 Å². The molecule has 0 aliphatic heterocycles. The van der Waals surface area contributed by atoms with Crippen LogP contribution < -0.4 is 5.32 Å². The quantitative estimate of drug-likeness (QED) is 0.803. The van der Waals surface area contributed by atoms with Crippen LogP contribution in [0.3, 0.4) is 0 Å². The third-order valence-corrected chi connectivity index (χ3v) is 4.03. The van der Waals surface area contributed by atoms with Crippen LogP contribution in [0.4, 0.5) is 5.69 Å². The fourth-order valence-corrected chi connectivity index (χ4v) is 2.66. The van der Waals surface area contributed by atoms with Gasteiger partial charge in [0.05, 0.1) is 37.0 Å². The number of ether oxygens (including phenoxy) is 2. The predicted octanol–water partition coefficient (Wildman–Crippen LogP) is 3.39. The lowest BCUT2D eigenvalue weighted by atomic mass is 9.95. The van der Waals surface area contributed by atoms with Crippen LogP contribution in [0, 0.1) is 0 Å². The summed E-state index contributed by atoms with van der Waals surface area (Å²) < 4.78 is 9.44. The molecular formula is C20H21NO5. The van der Waals surface area contributed by atoms with E-state index in [4.69, 9.17) is 9.47 Å². The van der Waals surface area contributed by atoms with E-state index in [0.717, 1.165) is 5.56 Å². The second-order valence-corrected chi connectivity index (χ2v) is 5.60. The molecule has 1 N–H and O–H groups in total. The standard InChI is InChI=1S/C20H21NO5/c1-4-15(13-8-6-5-7-9-13)18(22)21-17-12-14(19(23)25-2)10-11-16(17)20(24)26-3/h5-12,15H,4H2,1-3H3,(H,21,22). The lowest BCUT2D eigenvalue weighted by Crippen LogP contribution is -2.22. The molecule has 0 spiro atoms. The summed E-state index contributed by atoms with van der Waals surface area (Å²) in [4.78, 5) is 36.5. The number of amides is 1. The van der Waals surface area contributed by atoms with Crippen molar-refractivity contribution in [1.82, 2.24) is 0 Å². The number of carbonyl (C=O) groups excluding carboxylic acids is 3. The van der Waals surface area contributed by atoms with Crippen molar-refractivity contribution in [2.45, 2.75) is 19.3 Å². The number of nitrogens with one attached hydrogen (secondary N) is 1. The highest BCUT2D eigenvalue weighted by Gasteiger charge is 2.22. The number of carbonyl (C=O) groups is 3. The molecule has 0 heterocycles. The maximum absolute atomic E-state index is 12.8. The molecule has 0 radical (unpaired) electrons. The first-order chi connectivity index (χ1) is 12.5. The highest BCUT2D eigenvalue weighted by Crippen LogP contribution is 2.25. The molecule has 2 rings (SSSR count). The minimum Gasteiger partial charge on any atom is -0.465 e. The third kappa shape index (κ3) is 4.27. The maximum Gasteiger partial charge on any atom is 0.339 e. The maximum atomic E-state index is 12.8. The summed E-state index contributed by atoms with van der Waals surface area (Å²) in [6.45, 7) is 1.91. The summed E-state index contributed by atoms with van der Waals surface area (Å²) in [6.07, 6.45) is 0.583. The monoisotopic (exact) mass is 355 g/mol. The van der Waals surface area contributed by atoms with Crippen molar-refractivity contribution in [2.24, 2.45) is 0 Å². The average Bonchev–Trinajstić information content (AvgIpc) is 2.68. The van der Waals surface area contributed by atoms with Crippen LogP contribution in [0.1, 0.15) is 45.5 Å².